The number of hydrogen-bond acceptors (Lipinski definition) is 2. The Balaban J connectivity index is 2.40. The molecule has 2 nitrogen and oxygen atoms in total. The van der Waals surface area contributed by atoms with Crippen LogP contribution < -0.4 is 10.5 Å². The fraction of sp³-hybridized carbons (Fsp3) is 0.133. The van der Waals surface area contributed by atoms with E-state index in [9.17, 15) is 0 Å². The van der Waals surface area contributed by atoms with Crippen LogP contribution in [0.5, 0.6) is 11.5 Å². The number of ether oxygens (including phenoxy) is 1. The number of halogens is 2. The predicted molar refractivity (Wildman–Crippen MR) is 90.9 cm³/mol. The van der Waals surface area contributed by atoms with Gasteiger partial charge in [0.1, 0.15) is 16.5 Å². The molecular weight excluding hydrogens is 358 g/mol. The molecule has 0 saturated carbocycles. The molecular formula is C15H13BrClNOS. The Hall–Kier alpha value is -1.10. The van der Waals surface area contributed by atoms with E-state index in [0.29, 0.717) is 17.1 Å². The van der Waals surface area contributed by atoms with E-state index >= 15 is 0 Å². The molecule has 0 aromatic heterocycles. The van der Waals surface area contributed by atoms with Crippen LogP contribution in [0.2, 0.25) is 5.02 Å². The maximum absolute atomic E-state index is 6.10. The standard InChI is InChI=1S/C15H13BrClNOS/c1-2-9-8-10(6-7-12(9)17)19-13-5-3-4-11(16)14(13)15(18)20/h3-8H,2H2,1H3,(H2,18,20). The largest absolute Gasteiger partial charge is 0.457 e. The monoisotopic (exact) mass is 369 g/mol. The Morgan fingerprint density at radius 1 is 1.35 bits per heavy atom. The van der Waals surface area contributed by atoms with E-state index < -0.39 is 0 Å². The van der Waals surface area contributed by atoms with Crippen LogP contribution in [0.4, 0.5) is 0 Å². The molecule has 0 unspecified atom stereocenters. The molecule has 0 amide bonds. The molecule has 0 spiro atoms. The third-order valence-electron chi connectivity index (χ3n) is 2.85. The van der Waals surface area contributed by atoms with Gasteiger partial charge in [0, 0.05) is 9.50 Å². The van der Waals surface area contributed by atoms with Crippen molar-refractivity contribution in [3.8, 4) is 11.5 Å². The molecule has 2 N–H and O–H groups in total. The van der Waals surface area contributed by atoms with Crippen LogP contribution in [0.3, 0.4) is 0 Å². The molecule has 2 aromatic rings. The Labute approximate surface area is 137 Å². The summed E-state index contributed by atoms with van der Waals surface area (Å²) in [4.78, 5) is 0.289. The van der Waals surface area contributed by atoms with Crippen molar-refractivity contribution < 1.29 is 4.74 Å². The molecule has 2 rings (SSSR count). The van der Waals surface area contributed by atoms with Gasteiger partial charge in [-0.2, -0.15) is 0 Å². The highest BCUT2D eigenvalue weighted by Crippen LogP contribution is 2.32. The average Bonchev–Trinajstić information content (AvgIpc) is 2.40. The van der Waals surface area contributed by atoms with Gasteiger partial charge in [-0.3, -0.25) is 0 Å². The third kappa shape index (κ3) is 3.32. The van der Waals surface area contributed by atoms with Crippen molar-refractivity contribution in [2.45, 2.75) is 13.3 Å². The predicted octanol–water partition coefficient (Wildman–Crippen LogP) is 5.09. The Bertz CT molecular complexity index is 660. The molecule has 0 heterocycles. The van der Waals surface area contributed by atoms with E-state index in [-0.39, 0.29) is 4.99 Å². The molecule has 0 aliphatic rings. The number of thiocarbonyl (C=S) groups is 1. The highest BCUT2D eigenvalue weighted by atomic mass is 79.9. The van der Waals surface area contributed by atoms with Crippen molar-refractivity contribution in [3.05, 3.63) is 57.0 Å². The molecule has 0 atom stereocenters. The van der Waals surface area contributed by atoms with Gasteiger partial charge < -0.3 is 10.5 Å². The number of rotatable bonds is 4. The summed E-state index contributed by atoms with van der Waals surface area (Å²) in [7, 11) is 0. The minimum absolute atomic E-state index is 0.289. The minimum Gasteiger partial charge on any atom is -0.457 e. The molecule has 0 bridgehead atoms. The maximum atomic E-state index is 6.10. The van der Waals surface area contributed by atoms with Gasteiger partial charge in [-0.15, -0.1) is 0 Å². The first kappa shape index (κ1) is 15.3. The van der Waals surface area contributed by atoms with Gasteiger partial charge >= 0.3 is 0 Å². The first-order chi connectivity index (χ1) is 9.52. The van der Waals surface area contributed by atoms with Crippen LogP contribution in [-0.4, -0.2) is 4.99 Å². The zero-order valence-corrected chi connectivity index (χ0v) is 14.0. The Morgan fingerprint density at radius 2 is 2.10 bits per heavy atom. The van der Waals surface area contributed by atoms with Crippen LogP contribution in [0, 0.1) is 0 Å². The van der Waals surface area contributed by atoms with Gasteiger partial charge in [0.15, 0.2) is 0 Å². The highest BCUT2D eigenvalue weighted by Gasteiger charge is 2.12. The zero-order valence-electron chi connectivity index (χ0n) is 10.8. The Kier molecular flexibility index (Phi) is 5.02. The quantitative estimate of drug-likeness (QED) is 0.761. The molecule has 20 heavy (non-hydrogen) atoms. The topological polar surface area (TPSA) is 35.2 Å². The lowest BCUT2D eigenvalue weighted by molar-refractivity contribution is 0.481. The smallest absolute Gasteiger partial charge is 0.138 e. The first-order valence-electron chi connectivity index (χ1n) is 6.07. The summed E-state index contributed by atoms with van der Waals surface area (Å²) in [6.45, 7) is 2.05. The molecule has 0 fully saturated rings. The van der Waals surface area contributed by atoms with Crippen LogP contribution >= 0.6 is 39.7 Å². The number of nitrogens with two attached hydrogens (primary N) is 1. The van der Waals surface area contributed by atoms with Crippen molar-refractivity contribution in [1.82, 2.24) is 0 Å². The second-order valence-electron chi connectivity index (χ2n) is 4.19. The zero-order chi connectivity index (χ0) is 14.7. The van der Waals surface area contributed by atoms with Gasteiger partial charge in [-0.05, 0) is 58.2 Å². The molecule has 2 aromatic carbocycles. The van der Waals surface area contributed by atoms with Gasteiger partial charge in [0.05, 0.1) is 5.56 Å². The van der Waals surface area contributed by atoms with Gasteiger partial charge in [0.2, 0.25) is 0 Å². The molecule has 5 heteroatoms. The van der Waals surface area contributed by atoms with E-state index in [0.717, 1.165) is 21.5 Å². The van der Waals surface area contributed by atoms with E-state index in [2.05, 4.69) is 15.9 Å². The van der Waals surface area contributed by atoms with Crippen LogP contribution in [0.15, 0.2) is 40.9 Å². The molecule has 0 aliphatic heterocycles. The summed E-state index contributed by atoms with van der Waals surface area (Å²) in [6, 6.07) is 11.2. The van der Waals surface area contributed by atoms with Crippen molar-refractivity contribution in [2.75, 3.05) is 0 Å². The minimum atomic E-state index is 0.289. The number of hydrogen-bond donors (Lipinski definition) is 1. The SMILES string of the molecule is CCc1cc(Oc2cccc(Br)c2C(N)=S)ccc1Cl. The van der Waals surface area contributed by atoms with Crippen molar-refractivity contribution in [2.24, 2.45) is 5.73 Å². The fourth-order valence-corrected chi connectivity index (χ4v) is 3.00. The first-order valence-corrected chi connectivity index (χ1v) is 7.65. The average molecular weight is 371 g/mol. The second kappa shape index (κ2) is 6.57. The van der Waals surface area contributed by atoms with E-state index in [4.69, 9.17) is 34.3 Å². The van der Waals surface area contributed by atoms with Crippen molar-refractivity contribution in [3.63, 3.8) is 0 Å². The van der Waals surface area contributed by atoms with Gasteiger partial charge in [-0.1, -0.05) is 36.8 Å². The van der Waals surface area contributed by atoms with E-state index in [1.807, 2.05) is 43.3 Å². The summed E-state index contributed by atoms with van der Waals surface area (Å²) in [5, 5.41) is 0.740. The van der Waals surface area contributed by atoms with Crippen LogP contribution in [0.1, 0.15) is 18.1 Å². The summed E-state index contributed by atoms with van der Waals surface area (Å²) < 4.78 is 6.71. The lowest BCUT2D eigenvalue weighted by Gasteiger charge is -2.13. The van der Waals surface area contributed by atoms with Crippen molar-refractivity contribution in [1.29, 1.82) is 0 Å². The fourth-order valence-electron chi connectivity index (χ4n) is 1.84. The van der Waals surface area contributed by atoms with E-state index in [1.165, 1.54) is 0 Å². The van der Waals surface area contributed by atoms with Crippen molar-refractivity contribution >= 4 is 44.7 Å². The number of benzene rings is 2. The van der Waals surface area contributed by atoms with E-state index in [1.54, 1.807) is 0 Å². The summed E-state index contributed by atoms with van der Waals surface area (Å²) in [6.07, 6.45) is 0.844. The molecule has 0 saturated heterocycles. The summed E-state index contributed by atoms with van der Waals surface area (Å²) in [5.74, 6) is 1.33. The van der Waals surface area contributed by atoms with Crippen LogP contribution in [0.25, 0.3) is 0 Å². The molecule has 0 aliphatic carbocycles. The lowest BCUT2D eigenvalue weighted by Crippen LogP contribution is -2.11. The summed E-state index contributed by atoms with van der Waals surface area (Å²) >= 11 is 14.6. The Morgan fingerprint density at radius 3 is 2.75 bits per heavy atom. The normalized spacial score (nSPS) is 10.3. The third-order valence-corrected chi connectivity index (χ3v) is 4.08. The molecule has 104 valence electrons. The van der Waals surface area contributed by atoms with Gasteiger partial charge in [-0.25, -0.2) is 0 Å². The lowest BCUT2D eigenvalue weighted by atomic mass is 10.1. The molecule has 0 radical (unpaired) electrons. The van der Waals surface area contributed by atoms with Gasteiger partial charge in [0.25, 0.3) is 0 Å². The second-order valence-corrected chi connectivity index (χ2v) is 5.89. The summed E-state index contributed by atoms with van der Waals surface area (Å²) in [5.41, 5.74) is 7.48. The van der Waals surface area contributed by atoms with Crippen LogP contribution in [-0.2, 0) is 6.42 Å². The number of aryl methyl sites for hydroxylation is 1. The maximum Gasteiger partial charge on any atom is 0.138 e. The highest BCUT2D eigenvalue weighted by molar-refractivity contribution is 9.10.